The van der Waals surface area contributed by atoms with Crippen LogP contribution in [0.2, 0.25) is 0 Å². The molecule has 1 rings (SSSR count). The molecule has 0 bridgehead atoms. The third kappa shape index (κ3) is 3.45. The molecule has 4 heteroatoms. The van der Waals surface area contributed by atoms with E-state index in [4.69, 9.17) is 0 Å². The van der Waals surface area contributed by atoms with Gasteiger partial charge in [-0.25, -0.2) is 0 Å². The average Bonchev–Trinajstić information content (AvgIpc) is 2.45. The Hall–Kier alpha value is -0.220. The van der Waals surface area contributed by atoms with Gasteiger partial charge >= 0.3 is 0 Å². The highest BCUT2D eigenvalue weighted by atomic mass is 32.2. The Kier molecular flexibility index (Phi) is 4.46. The molecule has 1 amide bonds. The Morgan fingerprint density at radius 2 is 2.58 bits per heavy atom. The molecule has 1 aliphatic rings. The second-order valence-corrected chi connectivity index (χ2v) is 3.99. The lowest BCUT2D eigenvalue weighted by atomic mass is 10.2. The van der Waals surface area contributed by atoms with Gasteiger partial charge in [0.2, 0.25) is 5.91 Å². The molecule has 0 radical (unpaired) electrons. The summed E-state index contributed by atoms with van der Waals surface area (Å²) in [6.07, 6.45) is 3.95. The van der Waals surface area contributed by atoms with Gasteiger partial charge < -0.3 is 10.6 Å². The van der Waals surface area contributed by atoms with E-state index < -0.39 is 0 Å². The van der Waals surface area contributed by atoms with E-state index in [-0.39, 0.29) is 5.91 Å². The zero-order chi connectivity index (χ0) is 8.81. The number of rotatable bonds is 5. The summed E-state index contributed by atoms with van der Waals surface area (Å²) < 4.78 is 0. The van der Waals surface area contributed by atoms with Crippen LogP contribution in [0.5, 0.6) is 0 Å². The zero-order valence-electron chi connectivity index (χ0n) is 7.43. The molecule has 0 aromatic heterocycles. The molecule has 0 aliphatic carbocycles. The quantitative estimate of drug-likeness (QED) is 0.606. The second kappa shape index (κ2) is 5.43. The van der Waals surface area contributed by atoms with Crippen molar-refractivity contribution in [1.82, 2.24) is 10.6 Å². The molecular weight excluding hydrogens is 172 g/mol. The number of thioether (sulfide) groups is 1. The highest BCUT2D eigenvalue weighted by Gasteiger charge is 2.19. The molecule has 0 spiro atoms. The van der Waals surface area contributed by atoms with Gasteiger partial charge in [0.25, 0.3) is 0 Å². The van der Waals surface area contributed by atoms with Gasteiger partial charge in [-0.15, -0.1) is 0 Å². The average molecular weight is 188 g/mol. The molecule has 1 heterocycles. The standard InChI is InChI=1S/C8H16N2OS/c1-12-4-2-3-9-7-5-8(11)10-6-7/h7,9H,2-6H2,1H3,(H,10,11). The molecule has 1 saturated heterocycles. The molecule has 3 nitrogen and oxygen atoms in total. The van der Waals surface area contributed by atoms with Gasteiger partial charge in [0.1, 0.15) is 0 Å². The molecule has 1 fully saturated rings. The number of hydrogen-bond donors (Lipinski definition) is 2. The van der Waals surface area contributed by atoms with Gasteiger partial charge in [-0.1, -0.05) is 0 Å². The second-order valence-electron chi connectivity index (χ2n) is 3.01. The minimum Gasteiger partial charge on any atom is -0.354 e. The van der Waals surface area contributed by atoms with Crippen LogP contribution in [-0.2, 0) is 4.79 Å². The summed E-state index contributed by atoms with van der Waals surface area (Å²) in [7, 11) is 0. The maximum Gasteiger partial charge on any atom is 0.221 e. The Morgan fingerprint density at radius 1 is 1.75 bits per heavy atom. The van der Waals surface area contributed by atoms with Crippen molar-refractivity contribution in [2.45, 2.75) is 18.9 Å². The topological polar surface area (TPSA) is 41.1 Å². The number of carbonyl (C=O) groups is 1. The van der Waals surface area contributed by atoms with Crippen molar-refractivity contribution in [3.8, 4) is 0 Å². The van der Waals surface area contributed by atoms with Gasteiger partial charge in [-0.05, 0) is 25.0 Å². The molecule has 1 aliphatic heterocycles. The predicted molar refractivity (Wildman–Crippen MR) is 52.4 cm³/mol. The Labute approximate surface area is 77.7 Å². The summed E-state index contributed by atoms with van der Waals surface area (Å²) in [6.45, 7) is 1.83. The molecule has 0 aromatic carbocycles. The highest BCUT2D eigenvalue weighted by Crippen LogP contribution is 1.99. The summed E-state index contributed by atoms with van der Waals surface area (Å²) in [5.41, 5.74) is 0. The smallest absolute Gasteiger partial charge is 0.221 e. The van der Waals surface area contributed by atoms with E-state index in [1.165, 1.54) is 12.2 Å². The first-order valence-electron chi connectivity index (χ1n) is 4.32. The third-order valence-electron chi connectivity index (χ3n) is 1.94. The van der Waals surface area contributed by atoms with E-state index in [0.717, 1.165) is 13.1 Å². The van der Waals surface area contributed by atoms with Crippen molar-refractivity contribution in [1.29, 1.82) is 0 Å². The van der Waals surface area contributed by atoms with Crippen molar-refractivity contribution in [3.05, 3.63) is 0 Å². The minimum absolute atomic E-state index is 0.178. The molecule has 0 saturated carbocycles. The van der Waals surface area contributed by atoms with Crippen LogP contribution in [-0.4, -0.2) is 37.0 Å². The number of carbonyl (C=O) groups excluding carboxylic acids is 1. The first-order valence-corrected chi connectivity index (χ1v) is 5.71. The molecule has 0 aromatic rings. The van der Waals surface area contributed by atoms with Crippen molar-refractivity contribution in [2.75, 3.05) is 25.1 Å². The van der Waals surface area contributed by atoms with Crippen LogP contribution in [0, 0.1) is 0 Å². The monoisotopic (exact) mass is 188 g/mol. The van der Waals surface area contributed by atoms with Crippen LogP contribution in [0.3, 0.4) is 0 Å². The van der Waals surface area contributed by atoms with E-state index in [9.17, 15) is 4.79 Å². The van der Waals surface area contributed by atoms with E-state index in [1.54, 1.807) is 0 Å². The molecule has 70 valence electrons. The van der Waals surface area contributed by atoms with Crippen LogP contribution in [0.15, 0.2) is 0 Å². The van der Waals surface area contributed by atoms with Crippen LogP contribution in [0.4, 0.5) is 0 Å². The molecule has 12 heavy (non-hydrogen) atoms. The van der Waals surface area contributed by atoms with Crippen molar-refractivity contribution >= 4 is 17.7 Å². The van der Waals surface area contributed by atoms with Gasteiger partial charge in [-0.2, -0.15) is 11.8 Å². The van der Waals surface area contributed by atoms with E-state index in [0.29, 0.717) is 12.5 Å². The van der Waals surface area contributed by atoms with Crippen molar-refractivity contribution < 1.29 is 4.79 Å². The minimum atomic E-state index is 0.178. The Morgan fingerprint density at radius 3 is 3.17 bits per heavy atom. The van der Waals surface area contributed by atoms with Crippen molar-refractivity contribution in [2.24, 2.45) is 0 Å². The van der Waals surface area contributed by atoms with Crippen molar-refractivity contribution in [3.63, 3.8) is 0 Å². The van der Waals surface area contributed by atoms with Crippen LogP contribution >= 0.6 is 11.8 Å². The number of amides is 1. The number of nitrogens with one attached hydrogen (secondary N) is 2. The van der Waals surface area contributed by atoms with Gasteiger partial charge in [0.15, 0.2) is 0 Å². The maximum absolute atomic E-state index is 10.8. The fourth-order valence-corrected chi connectivity index (χ4v) is 1.71. The third-order valence-corrected chi connectivity index (χ3v) is 2.63. The molecule has 2 N–H and O–H groups in total. The largest absolute Gasteiger partial charge is 0.354 e. The summed E-state index contributed by atoms with van der Waals surface area (Å²) in [4.78, 5) is 10.8. The maximum atomic E-state index is 10.8. The summed E-state index contributed by atoms with van der Waals surface area (Å²) in [6, 6.07) is 0.374. The van der Waals surface area contributed by atoms with Gasteiger partial charge in [0, 0.05) is 19.0 Å². The van der Waals surface area contributed by atoms with Crippen LogP contribution in [0.1, 0.15) is 12.8 Å². The highest BCUT2D eigenvalue weighted by molar-refractivity contribution is 7.98. The normalized spacial score (nSPS) is 22.8. The Bertz CT molecular complexity index is 152. The lowest BCUT2D eigenvalue weighted by Crippen LogP contribution is -2.31. The first kappa shape index (κ1) is 9.86. The fourth-order valence-electron chi connectivity index (χ4n) is 1.27. The predicted octanol–water partition coefficient (Wildman–Crippen LogP) is 0.218. The molecular formula is C8H16N2OS. The summed E-state index contributed by atoms with van der Waals surface area (Å²) in [5.74, 6) is 1.37. The summed E-state index contributed by atoms with van der Waals surface area (Å²) >= 11 is 1.86. The SMILES string of the molecule is CSCCCNC1CNC(=O)C1. The Balaban J connectivity index is 1.97. The van der Waals surface area contributed by atoms with E-state index in [1.807, 2.05) is 11.8 Å². The summed E-state index contributed by atoms with van der Waals surface area (Å²) in [5, 5.41) is 6.15. The van der Waals surface area contributed by atoms with E-state index >= 15 is 0 Å². The number of hydrogen-bond acceptors (Lipinski definition) is 3. The zero-order valence-corrected chi connectivity index (χ0v) is 8.25. The molecule has 1 atom stereocenters. The first-order chi connectivity index (χ1) is 5.83. The van der Waals surface area contributed by atoms with Gasteiger partial charge in [-0.3, -0.25) is 4.79 Å². The van der Waals surface area contributed by atoms with E-state index in [2.05, 4.69) is 16.9 Å². The van der Waals surface area contributed by atoms with Crippen LogP contribution in [0.25, 0.3) is 0 Å². The lowest BCUT2D eigenvalue weighted by molar-refractivity contribution is -0.119. The van der Waals surface area contributed by atoms with Crippen LogP contribution < -0.4 is 10.6 Å². The fraction of sp³-hybridized carbons (Fsp3) is 0.875. The van der Waals surface area contributed by atoms with Gasteiger partial charge in [0.05, 0.1) is 0 Å². The lowest BCUT2D eigenvalue weighted by Gasteiger charge is -2.08. The molecule has 1 unspecified atom stereocenters.